The summed E-state index contributed by atoms with van der Waals surface area (Å²) in [6.45, 7) is 4.11. The van der Waals surface area contributed by atoms with Crippen molar-refractivity contribution in [2.45, 2.75) is 39.2 Å². The number of nitriles is 1. The van der Waals surface area contributed by atoms with Crippen molar-refractivity contribution in [1.29, 1.82) is 5.26 Å². The van der Waals surface area contributed by atoms with Crippen molar-refractivity contribution in [3.8, 4) is 17.6 Å². The number of nitrogens with one attached hydrogen (secondary N) is 1. The van der Waals surface area contributed by atoms with Gasteiger partial charge in [-0.25, -0.2) is 0 Å². The average molecular weight is 362 g/mol. The highest BCUT2D eigenvalue weighted by Gasteiger charge is 2.14. The Bertz CT molecular complexity index is 912. The molecule has 1 aromatic heterocycles. The van der Waals surface area contributed by atoms with E-state index < -0.39 is 0 Å². The lowest BCUT2D eigenvalue weighted by molar-refractivity contribution is 0.362. The molecule has 6 heteroatoms. The van der Waals surface area contributed by atoms with Crippen molar-refractivity contribution in [1.82, 2.24) is 10.1 Å². The van der Waals surface area contributed by atoms with Gasteiger partial charge in [0.15, 0.2) is 5.82 Å². The summed E-state index contributed by atoms with van der Waals surface area (Å²) in [5, 5.41) is 16.5. The van der Waals surface area contributed by atoms with E-state index in [0.717, 1.165) is 30.8 Å². The molecular formula is C21H22N4O2. The number of aromatic nitrogens is 2. The molecule has 2 aromatic carbocycles. The largest absolute Gasteiger partial charge is 0.456 e. The van der Waals surface area contributed by atoms with E-state index in [0.29, 0.717) is 23.0 Å². The Morgan fingerprint density at radius 2 is 1.96 bits per heavy atom. The third-order valence-electron chi connectivity index (χ3n) is 4.08. The molecule has 1 N–H and O–H groups in total. The SMILES string of the molecule is CCCCc1noc(C(C)Nc2ccc(Oc3ccccc3C#N)cc2)n1. The van der Waals surface area contributed by atoms with Crippen LogP contribution in [0.25, 0.3) is 0 Å². The van der Waals surface area contributed by atoms with Crippen molar-refractivity contribution in [3.63, 3.8) is 0 Å². The second-order valence-corrected chi connectivity index (χ2v) is 6.25. The van der Waals surface area contributed by atoms with Crippen molar-refractivity contribution in [2.75, 3.05) is 5.32 Å². The van der Waals surface area contributed by atoms with Gasteiger partial charge in [-0.15, -0.1) is 0 Å². The molecule has 1 unspecified atom stereocenters. The van der Waals surface area contributed by atoms with Gasteiger partial charge >= 0.3 is 0 Å². The van der Waals surface area contributed by atoms with Crippen LogP contribution in [0.3, 0.4) is 0 Å². The minimum atomic E-state index is -0.0982. The Labute approximate surface area is 158 Å². The fourth-order valence-corrected chi connectivity index (χ4v) is 2.59. The summed E-state index contributed by atoms with van der Waals surface area (Å²) < 4.78 is 11.1. The third-order valence-corrected chi connectivity index (χ3v) is 4.08. The Hall–Kier alpha value is -3.33. The summed E-state index contributed by atoms with van der Waals surface area (Å²) >= 11 is 0. The van der Waals surface area contributed by atoms with Gasteiger partial charge in [-0.05, 0) is 49.7 Å². The first-order valence-electron chi connectivity index (χ1n) is 9.05. The van der Waals surface area contributed by atoms with E-state index in [1.54, 1.807) is 12.1 Å². The highest BCUT2D eigenvalue weighted by Crippen LogP contribution is 2.27. The molecule has 3 aromatic rings. The number of unbranched alkanes of at least 4 members (excludes halogenated alkanes) is 1. The maximum absolute atomic E-state index is 9.14. The number of hydrogen-bond acceptors (Lipinski definition) is 6. The highest BCUT2D eigenvalue weighted by atomic mass is 16.5. The number of aryl methyl sites for hydroxylation is 1. The molecule has 0 saturated heterocycles. The maximum Gasteiger partial charge on any atom is 0.248 e. The first-order valence-corrected chi connectivity index (χ1v) is 9.05. The van der Waals surface area contributed by atoms with E-state index in [4.69, 9.17) is 14.5 Å². The smallest absolute Gasteiger partial charge is 0.248 e. The normalized spacial score (nSPS) is 11.6. The molecule has 1 heterocycles. The number of ether oxygens (including phenoxy) is 1. The van der Waals surface area contributed by atoms with Crippen LogP contribution < -0.4 is 10.1 Å². The zero-order chi connectivity index (χ0) is 19.1. The predicted molar refractivity (Wildman–Crippen MR) is 103 cm³/mol. The molecule has 0 aliphatic heterocycles. The minimum absolute atomic E-state index is 0.0982. The molecule has 0 aliphatic carbocycles. The number of nitrogens with zero attached hydrogens (tertiary/aromatic N) is 3. The van der Waals surface area contributed by atoms with Gasteiger partial charge in [-0.1, -0.05) is 30.6 Å². The van der Waals surface area contributed by atoms with Gasteiger partial charge in [0.1, 0.15) is 23.6 Å². The number of benzene rings is 2. The van der Waals surface area contributed by atoms with Crippen molar-refractivity contribution >= 4 is 5.69 Å². The standard InChI is InChI=1S/C21H22N4O2/c1-3-4-9-20-24-21(27-25-20)15(2)23-17-10-12-18(13-11-17)26-19-8-6-5-7-16(19)14-22/h5-8,10-13,15,23H,3-4,9H2,1-2H3. The quantitative estimate of drug-likeness (QED) is 0.589. The van der Waals surface area contributed by atoms with E-state index in [9.17, 15) is 0 Å². The monoisotopic (exact) mass is 362 g/mol. The fourth-order valence-electron chi connectivity index (χ4n) is 2.59. The number of hydrogen-bond donors (Lipinski definition) is 1. The van der Waals surface area contributed by atoms with Gasteiger partial charge in [-0.3, -0.25) is 0 Å². The van der Waals surface area contributed by atoms with Crippen molar-refractivity contribution < 1.29 is 9.26 Å². The molecule has 3 rings (SSSR count). The van der Waals surface area contributed by atoms with Gasteiger partial charge in [0.25, 0.3) is 0 Å². The van der Waals surface area contributed by atoms with Crippen molar-refractivity contribution in [2.24, 2.45) is 0 Å². The number of para-hydroxylation sites is 1. The van der Waals surface area contributed by atoms with Crippen LogP contribution in [-0.2, 0) is 6.42 Å². The molecule has 138 valence electrons. The lowest BCUT2D eigenvalue weighted by atomic mass is 10.2. The van der Waals surface area contributed by atoms with Gasteiger partial charge < -0.3 is 14.6 Å². The van der Waals surface area contributed by atoms with Crippen LogP contribution in [0.2, 0.25) is 0 Å². The second-order valence-electron chi connectivity index (χ2n) is 6.25. The molecular weight excluding hydrogens is 340 g/mol. The van der Waals surface area contributed by atoms with Crippen LogP contribution in [0, 0.1) is 11.3 Å². The summed E-state index contributed by atoms with van der Waals surface area (Å²) in [4.78, 5) is 4.44. The average Bonchev–Trinajstić information content (AvgIpc) is 3.17. The Morgan fingerprint density at radius 3 is 2.70 bits per heavy atom. The Balaban J connectivity index is 1.62. The number of rotatable bonds is 8. The van der Waals surface area contributed by atoms with Crippen LogP contribution in [0.4, 0.5) is 5.69 Å². The predicted octanol–water partition coefficient (Wildman–Crippen LogP) is 5.25. The van der Waals surface area contributed by atoms with E-state index in [1.807, 2.05) is 43.3 Å². The molecule has 0 bridgehead atoms. The van der Waals surface area contributed by atoms with Crippen LogP contribution in [-0.4, -0.2) is 10.1 Å². The van der Waals surface area contributed by atoms with Crippen LogP contribution in [0.5, 0.6) is 11.5 Å². The molecule has 0 spiro atoms. The molecule has 0 saturated carbocycles. The summed E-state index contributed by atoms with van der Waals surface area (Å²) in [5.74, 6) is 2.53. The third kappa shape index (κ3) is 4.85. The lowest BCUT2D eigenvalue weighted by Gasteiger charge is -2.12. The Kier molecular flexibility index (Phi) is 6.06. The molecule has 0 fully saturated rings. The first kappa shape index (κ1) is 18.5. The summed E-state index contributed by atoms with van der Waals surface area (Å²) in [6, 6.07) is 16.7. The molecule has 0 aliphatic rings. The van der Waals surface area contributed by atoms with Crippen molar-refractivity contribution in [3.05, 3.63) is 65.8 Å². The highest BCUT2D eigenvalue weighted by molar-refractivity contribution is 5.50. The topological polar surface area (TPSA) is 84.0 Å². The summed E-state index contributed by atoms with van der Waals surface area (Å²) in [6.07, 6.45) is 2.99. The number of anilines is 1. The zero-order valence-corrected chi connectivity index (χ0v) is 15.5. The minimum Gasteiger partial charge on any atom is -0.456 e. The van der Waals surface area contributed by atoms with E-state index in [-0.39, 0.29) is 6.04 Å². The lowest BCUT2D eigenvalue weighted by Crippen LogP contribution is -2.07. The molecule has 27 heavy (non-hydrogen) atoms. The maximum atomic E-state index is 9.14. The molecule has 0 amide bonds. The molecule has 1 atom stereocenters. The van der Waals surface area contributed by atoms with Crippen LogP contribution in [0.1, 0.15) is 50.0 Å². The molecule has 0 radical (unpaired) electrons. The van der Waals surface area contributed by atoms with Gasteiger partial charge in [0, 0.05) is 12.1 Å². The van der Waals surface area contributed by atoms with Gasteiger partial charge in [0.05, 0.1) is 5.56 Å². The zero-order valence-electron chi connectivity index (χ0n) is 15.5. The summed E-state index contributed by atoms with van der Waals surface area (Å²) in [5.41, 5.74) is 1.42. The fraction of sp³-hybridized carbons (Fsp3) is 0.286. The van der Waals surface area contributed by atoms with Gasteiger partial charge in [-0.2, -0.15) is 10.2 Å². The van der Waals surface area contributed by atoms with E-state index >= 15 is 0 Å². The summed E-state index contributed by atoms with van der Waals surface area (Å²) in [7, 11) is 0. The second kappa shape index (κ2) is 8.86. The van der Waals surface area contributed by atoms with E-state index in [2.05, 4.69) is 28.5 Å². The molecule has 6 nitrogen and oxygen atoms in total. The Morgan fingerprint density at radius 1 is 1.19 bits per heavy atom. The van der Waals surface area contributed by atoms with Crippen LogP contribution in [0.15, 0.2) is 53.1 Å². The van der Waals surface area contributed by atoms with E-state index in [1.165, 1.54) is 0 Å². The van der Waals surface area contributed by atoms with Crippen LogP contribution >= 0.6 is 0 Å². The van der Waals surface area contributed by atoms with Gasteiger partial charge in [0.2, 0.25) is 5.89 Å². The first-order chi connectivity index (χ1) is 13.2.